The average molecular weight is 276 g/mol. The number of hydrogen-bond acceptors (Lipinski definition) is 5. The van der Waals surface area contributed by atoms with E-state index >= 15 is 0 Å². The van der Waals surface area contributed by atoms with Crippen LogP contribution in [0.2, 0.25) is 0 Å². The Kier molecular flexibility index (Phi) is 4.37. The van der Waals surface area contributed by atoms with E-state index in [1.54, 1.807) is 0 Å². The van der Waals surface area contributed by atoms with Crippen molar-refractivity contribution >= 4 is 23.1 Å². The van der Waals surface area contributed by atoms with E-state index in [2.05, 4.69) is 40.5 Å². The predicted molar refractivity (Wildman–Crippen MR) is 82.1 cm³/mol. The van der Waals surface area contributed by atoms with E-state index in [9.17, 15) is 0 Å². The summed E-state index contributed by atoms with van der Waals surface area (Å²) >= 11 is 1.83. The Balaban J connectivity index is 2.07. The maximum absolute atomic E-state index is 4.48. The largest absolute Gasteiger partial charge is 0.365 e. The molecule has 2 aromatic heterocycles. The van der Waals surface area contributed by atoms with Crippen LogP contribution in [0.25, 0.3) is 0 Å². The Morgan fingerprint density at radius 2 is 1.95 bits per heavy atom. The molecule has 0 amide bonds. The van der Waals surface area contributed by atoms with Gasteiger partial charge in [0.05, 0.1) is 6.54 Å². The zero-order chi connectivity index (χ0) is 13.8. The summed E-state index contributed by atoms with van der Waals surface area (Å²) in [5.41, 5.74) is 2.42. The fourth-order valence-electron chi connectivity index (χ4n) is 1.77. The van der Waals surface area contributed by atoms with Gasteiger partial charge in [0.15, 0.2) is 0 Å². The quantitative estimate of drug-likeness (QED) is 0.877. The fraction of sp³-hybridized carbons (Fsp3) is 0.429. The van der Waals surface area contributed by atoms with Crippen LogP contribution in [0, 0.1) is 20.8 Å². The molecule has 19 heavy (non-hydrogen) atoms. The van der Waals surface area contributed by atoms with Gasteiger partial charge in [-0.2, -0.15) is 4.98 Å². The molecule has 2 rings (SSSR count). The Morgan fingerprint density at radius 1 is 1.16 bits per heavy atom. The lowest BCUT2D eigenvalue weighted by Gasteiger charge is -2.09. The van der Waals surface area contributed by atoms with E-state index in [0.29, 0.717) is 5.95 Å². The molecule has 0 spiro atoms. The highest BCUT2D eigenvalue weighted by Crippen LogP contribution is 2.22. The third kappa shape index (κ3) is 3.44. The molecule has 0 unspecified atom stereocenters. The van der Waals surface area contributed by atoms with Crippen LogP contribution in [0.5, 0.6) is 0 Å². The van der Waals surface area contributed by atoms with Crippen LogP contribution in [0.3, 0.4) is 0 Å². The van der Waals surface area contributed by atoms with Crippen LogP contribution in [0.4, 0.5) is 11.8 Å². The number of rotatable bonds is 5. The van der Waals surface area contributed by atoms with Gasteiger partial charge in [-0.3, -0.25) is 0 Å². The molecule has 0 aliphatic heterocycles. The van der Waals surface area contributed by atoms with Crippen LogP contribution in [-0.4, -0.2) is 16.5 Å². The number of aromatic nitrogens is 2. The van der Waals surface area contributed by atoms with Crippen molar-refractivity contribution in [2.45, 2.75) is 34.2 Å². The number of anilines is 2. The molecular formula is C14H20N4S. The zero-order valence-electron chi connectivity index (χ0n) is 11.9. The van der Waals surface area contributed by atoms with Crippen molar-refractivity contribution in [3.05, 3.63) is 33.1 Å². The van der Waals surface area contributed by atoms with Crippen LogP contribution in [0.15, 0.2) is 12.3 Å². The maximum atomic E-state index is 4.48. The molecule has 0 aliphatic carbocycles. The SMILES string of the molecule is CCNc1ncc(C)c(NCc2cc(C)c(C)s2)n1. The second-order valence-corrected chi connectivity index (χ2v) is 5.90. The monoisotopic (exact) mass is 276 g/mol. The van der Waals surface area contributed by atoms with Crippen LogP contribution in [0.1, 0.15) is 27.8 Å². The van der Waals surface area contributed by atoms with Crippen molar-refractivity contribution in [2.75, 3.05) is 17.2 Å². The molecule has 0 fully saturated rings. The number of nitrogens with zero attached hydrogens (tertiary/aromatic N) is 2. The third-order valence-corrected chi connectivity index (χ3v) is 4.11. The first-order valence-electron chi connectivity index (χ1n) is 6.47. The topological polar surface area (TPSA) is 49.8 Å². The van der Waals surface area contributed by atoms with E-state index in [4.69, 9.17) is 0 Å². The summed E-state index contributed by atoms with van der Waals surface area (Å²) in [6, 6.07) is 2.23. The summed E-state index contributed by atoms with van der Waals surface area (Å²) in [6.07, 6.45) is 1.85. The molecule has 2 aromatic rings. The van der Waals surface area contributed by atoms with Crippen molar-refractivity contribution in [1.29, 1.82) is 0 Å². The van der Waals surface area contributed by atoms with E-state index < -0.39 is 0 Å². The first kappa shape index (κ1) is 13.8. The maximum Gasteiger partial charge on any atom is 0.224 e. The molecule has 0 aliphatic rings. The summed E-state index contributed by atoms with van der Waals surface area (Å²) in [5.74, 6) is 1.57. The fourth-order valence-corrected chi connectivity index (χ4v) is 2.77. The van der Waals surface area contributed by atoms with Crippen LogP contribution in [-0.2, 0) is 6.54 Å². The summed E-state index contributed by atoms with van der Waals surface area (Å²) < 4.78 is 0. The molecule has 0 radical (unpaired) electrons. The molecule has 2 heterocycles. The lowest BCUT2D eigenvalue weighted by atomic mass is 10.3. The summed E-state index contributed by atoms with van der Waals surface area (Å²) in [4.78, 5) is 11.4. The highest BCUT2D eigenvalue weighted by molar-refractivity contribution is 7.12. The number of hydrogen-bond donors (Lipinski definition) is 2. The summed E-state index contributed by atoms with van der Waals surface area (Å²) in [6.45, 7) is 9.99. The van der Waals surface area contributed by atoms with Crippen LogP contribution >= 0.6 is 11.3 Å². The van der Waals surface area contributed by atoms with Gasteiger partial charge in [0.1, 0.15) is 5.82 Å². The smallest absolute Gasteiger partial charge is 0.224 e. The van der Waals surface area contributed by atoms with Gasteiger partial charge in [-0.1, -0.05) is 0 Å². The Hall–Kier alpha value is -1.62. The van der Waals surface area contributed by atoms with E-state index in [0.717, 1.165) is 24.5 Å². The minimum atomic E-state index is 0.675. The van der Waals surface area contributed by atoms with Crippen molar-refractivity contribution in [2.24, 2.45) is 0 Å². The summed E-state index contributed by atoms with van der Waals surface area (Å²) in [7, 11) is 0. The third-order valence-electron chi connectivity index (χ3n) is 2.95. The molecule has 0 atom stereocenters. The molecule has 0 saturated heterocycles. The molecule has 4 nitrogen and oxygen atoms in total. The van der Waals surface area contributed by atoms with Gasteiger partial charge in [0.2, 0.25) is 5.95 Å². The van der Waals surface area contributed by atoms with Crippen molar-refractivity contribution in [1.82, 2.24) is 9.97 Å². The van der Waals surface area contributed by atoms with E-state index in [1.165, 1.54) is 15.3 Å². The van der Waals surface area contributed by atoms with E-state index in [-0.39, 0.29) is 0 Å². The first-order chi connectivity index (χ1) is 9.10. The standard InChI is InChI=1S/C14H20N4S/c1-5-15-14-17-7-10(3)13(18-14)16-8-12-6-9(2)11(4)19-12/h6-7H,5,8H2,1-4H3,(H2,15,16,17,18). The molecule has 0 aromatic carbocycles. The minimum absolute atomic E-state index is 0.675. The van der Waals surface area contributed by atoms with Crippen molar-refractivity contribution in [3.63, 3.8) is 0 Å². The molecule has 102 valence electrons. The van der Waals surface area contributed by atoms with Gasteiger partial charge < -0.3 is 10.6 Å². The van der Waals surface area contributed by atoms with Crippen LogP contribution < -0.4 is 10.6 Å². The number of thiophene rings is 1. The van der Waals surface area contributed by atoms with Gasteiger partial charge in [0.25, 0.3) is 0 Å². The van der Waals surface area contributed by atoms with Gasteiger partial charge in [-0.05, 0) is 39.3 Å². The minimum Gasteiger partial charge on any atom is -0.365 e. The second-order valence-electron chi connectivity index (χ2n) is 4.56. The normalized spacial score (nSPS) is 10.5. The lowest BCUT2D eigenvalue weighted by molar-refractivity contribution is 1.04. The molecule has 5 heteroatoms. The van der Waals surface area contributed by atoms with Gasteiger partial charge in [-0.15, -0.1) is 11.3 Å². The number of aryl methyl sites for hydroxylation is 3. The van der Waals surface area contributed by atoms with Gasteiger partial charge in [-0.25, -0.2) is 4.98 Å². The van der Waals surface area contributed by atoms with Gasteiger partial charge in [0, 0.05) is 28.1 Å². The average Bonchev–Trinajstić information content (AvgIpc) is 2.70. The highest BCUT2D eigenvalue weighted by Gasteiger charge is 2.05. The lowest BCUT2D eigenvalue weighted by Crippen LogP contribution is -2.07. The highest BCUT2D eigenvalue weighted by atomic mass is 32.1. The molecular weight excluding hydrogens is 256 g/mol. The molecule has 2 N–H and O–H groups in total. The Morgan fingerprint density at radius 3 is 2.58 bits per heavy atom. The molecule has 0 bridgehead atoms. The van der Waals surface area contributed by atoms with E-state index in [1.807, 2.05) is 31.4 Å². The second kappa shape index (κ2) is 6.02. The zero-order valence-corrected chi connectivity index (χ0v) is 12.7. The Bertz CT molecular complexity index is 543. The Labute approximate surface area is 118 Å². The molecule has 0 saturated carbocycles. The number of nitrogens with one attached hydrogen (secondary N) is 2. The first-order valence-corrected chi connectivity index (χ1v) is 7.29. The van der Waals surface area contributed by atoms with Crippen molar-refractivity contribution < 1.29 is 0 Å². The summed E-state index contributed by atoms with van der Waals surface area (Å²) in [5, 5.41) is 6.51. The predicted octanol–water partition coefficient (Wildman–Crippen LogP) is 3.51. The van der Waals surface area contributed by atoms with Gasteiger partial charge >= 0.3 is 0 Å². The van der Waals surface area contributed by atoms with Crippen molar-refractivity contribution in [3.8, 4) is 0 Å².